The summed E-state index contributed by atoms with van der Waals surface area (Å²) in [5.74, 6) is 0.790. The molecule has 2 aromatic heterocycles. The van der Waals surface area contributed by atoms with Gasteiger partial charge < -0.3 is 4.90 Å². The molecule has 1 unspecified atom stereocenters. The van der Waals surface area contributed by atoms with Gasteiger partial charge in [-0.15, -0.1) is 0 Å². The highest BCUT2D eigenvalue weighted by atomic mass is 15.3. The Bertz CT molecular complexity index is 648. The molecule has 1 aliphatic rings. The second-order valence-corrected chi connectivity index (χ2v) is 5.16. The van der Waals surface area contributed by atoms with Gasteiger partial charge in [-0.1, -0.05) is 0 Å². The van der Waals surface area contributed by atoms with Crippen LogP contribution in [-0.4, -0.2) is 32.8 Å². The van der Waals surface area contributed by atoms with Crippen molar-refractivity contribution in [2.24, 2.45) is 0 Å². The van der Waals surface area contributed by atoms with Gasteiger partial charge in [-0.25, -0.2) is 9.97 Å². The van der Waals surface area contributed by atoms with E-state index < -0.39 is 0 Å². The number of hydrogen-bond donors (Lipinski definition) is 0. The van der Waals surface area contributed by atoms with Gasteiger partial charge in [0.25, 0.3) is 0 Å². The Hall–Kier alpha value is -2.42. The monoisotopic (exact) mass is 268 g/mol. The maximum atomic E-state index is 8.85. The standard InChI is InChI=1S/C14H16N6/c1-10-5-11(2)18-14(17-10)19-4-3-13(9-19)20-8-12(6-15)7-16-20/h5,7-8,13H,3-4,9H2,1-2H3. The van der Waals surface area contributed by atoms with Gasteiger partial charge in [-0.05, 0) is 26.3 Å². The van der Waals surface area contributed by atoms with Gasteiger partial charge in [0.1, 0.15) is 6.07 Å². The second kappa shape index (κ2) is 4.93. The molecule has 1 saturated heterocycles. The largest absolute Gasteiger partial charge is 0.339 e. The van der Waals surface area contributed by atoms with E-state index in [1.54, 1.807) is 12.4 Å². The molecular weight excluding hydrogens is 252 g/mol. The fraction of sp³-hybridized carbons (Fsp3) is 0.429. The van der Waals surface area contributed by atoms with Crippen LogP contribution in [0.2, 0.25) is 0 Å². The van der Waals surface area contributed by atoms with Crippen molar-refractivity contribution in [2.75, 3.05) is 18.0 Å². The molecule has 0 radical (unpaired) electrons. The van der Waals surface area contributed by atoms with Crippen molar-refractivity contribution < 1.29 is 0 Å². The van der Waals surface area contributed by atoms with Gasteiger partial charge in [0.15, 0.2) is 0 Å². The summed E-state index contributed by atoms with van der Waals surface area (Å²) in [6.07, 6.45) is 4.40. The molecule has 2 aromatic rings. The summed E-state index contributed by atoms with van der Waals surface area (Å²) in [6, 6.07) is 4.36. The maximum Gasteiger partial charge on any atom is 0.225 e. The molecular formula is C14H16N6. The third-order valence-corrected chi connectivity index (χ3v) is 3.52. The smallest absolute Gasteiger partial charge is 0.225 e. The van der Waals surface area contributed by atoms with Crippen LogP contribution in [0.3, 0.4) is 0 Å². The van der Waals surface area contributed by atoms with Crippen molar-refractivity contribution in [3.05, 3.63) is 35.4 Å². The predicted octanol–water partition coefficient (Wildman–Crippen LogP) is 1.61. The van der Waals surface area contributed by atoms with Crippen molar-refractivity contribution in [1.82, 2.24) is 19.7 Å². The number of hydrogen-bond acceptors (Lipinski definition) is 5. The third kappa shape index (κ3) is 2.35. The summed E-state index contributed by atoms with van der Waals surface area (Å²) in [4.78, 5) is 11.2. The quantitative estimate of drug-likeness (QED) is 0.827. The molecule has 0 aliphatic carbocycles. The molecule has 3 heterocycles. The number of nitriles is 1. The normalized spacial score (nSPS) is 18.2. The highest BCUT2D eigenvalue weighted by molar-refractivity contribution is 5.34. The first-order chi connectivity index (χ1) is 9.65. The van der Waals surface area contributed by atoms with Crippen LogP contribution in [0.25, 0.3) is 0 Å². The van der Waals surface area contributed by atoms with E-state index >= 15 is 0 Å². The minimum absolute atomic E-state index is 0.279. The minimum Gasteiger partial charge on any atom is -0.339 e. The predicted molar refractivity (Wildman–Crippen MR) is 74.3 cm³/mol. The average Bonchev–Trinajstić information content (AvgIpc) is 3.06. The van der Waals surface area contributed by atoms with Gasteiger partial charge in [-0.2, -0.15) is 10.4 Å². The second-order valence-electron chi connectivity index (χ2n) is 5.16. The zero-order valence-electron chi connectivity index (χ0n) is 11.6. The van der Waals surface area contributed by atoms with Crippen LogP contribution in [0.5, 0.6) is 0 Å². The summed E-state index contributed by atoms with van der Waals surface area (Å²) in [5.41, 5.74) is 2.58. The first-order valence-corrected chi connectivity index (χ1v) is 6.67. The number of aromatic nitrogens is 4. The Kier molecular flexibility index (Phi) is 3.11. The zero-order valence-corrected chi connectivity index (χ0v) is 11.6. The highest BCUT2D eigenvalue weighted by Crippen LogP contribution is 2.24. The fourth-order valence-electron chi connectivity index (χ4n) is 2.58. The molecule has 102 valence electrons. The van der Waals surface area contributed by atoms with E-state index in [4.69, 9.17) is 5.26 Å². The van der Waals surface area contributed by atoms with Crippen molar-refractivity contribution in [1.29, 1.82) is 5.26 Å². The number of anilines is 1. The molecule has 0 saturated carbocycles. The third-order valence-electron chi connectivity index (χ3n) is 3.52. The Labute approximate surface area is 117 Å². The molecule has 0 bridgehead atoms. The summed E-state index contributed by atoms with van der Waals surface area (Å²) >= 11 is 0. The maximum absolute atomic E-state index is 8.85. The molecule has 1 fully saturated rings. The Morgan fingerprint density at radius 3 is 2.70 bits per heavy atom. The van der Waals surface area contributed by atoms with E-state index in [0.29, 0.717) is 5.56 Å². The van der Waals surface area contributed by atoms with Crippen LogP contribution in [0.1, 0.15) is 29.4 Å². The summed E-state index contributed by atoms with van der Waals surface area (Å²) in [7, 11) is 0. The lowest BCUT2D eigenvalue weighted by molar-refractivity contribution is 0.494. The molecule has 3 rings (SSSR count). The van der Waals surface area contributed by atoms with E-state index in [1.807, 2.05) is 24.6 Å². The number of rotatable bonds is 2. The van der Waals surface area contributed by atoms with Gasteiger partial charge in [0.05, 0.1) is 17.8 Å². The van der Waals surface area contributed by atoms with Crippen molar-refractivity contribution in [3.8, 4) is 6.07 Å². The summed E-state index contributed by atoms with van der Waals surface area (Å²) in [6.45, 7) is 5.71. The Balaban J connectivity index is 1.78. The first-order valence-electron chi connectivity index (χ1n) is 6.67. The van der Waals surface area contributed by atoms with Crippen LogP contribution in [-0.2, 0) is 0 Å². The molecule has 20 heavy (non-hydrogen) atoms. The molecule has 0 amide bonds. The molecule has 1 atom stereocenters. The zero-order chi connectivity index (χ0) is 14.1. The van der Waals surface area contributed by atoms with Crippen molar-refractivity contribution in [2.45, 2.75) is 26.3 Å². The van der Waals surface area contributed by atoms with Crippen LogP contribution < -0.4 is 4.90 Å². The molecule has 6 heteroatoms. The average molecular weight is 268 g/mol. The molecule has 1 aliphatic heterocycles. The molecule has 0 spiro atoms. The van der Waals surface area contributed by atoms with E-state index in [0.717, 1.165) is 36.8 Å². The topological polar surface area (TPSA) is 70.6 Å². The summed E-state index contributed by atoms with van der Waals surface area (Å²) in [5, 5.41) is 13.1. The van der Waals surface area contributed by atoms with E-state index in [1.165, 1.54) is 0 Å². The lowest BCUT2D eigenvalue weighted by Crippen LogP contribution is -2.23. The van der Waals surface area contributed by atoms with Gasteiger partial charge in [0, 0.05) is 30.7 Å². The summed E-state index contributed by atoms with van der Waals surface area (Å²) < 4.78 is 1.88. The van der Waals surface area contributed by atoms with Crippen LogP contribution in [0.4, 0.5) is 5.95 Å². The Morgan fingerprint density at radius 1 is 1.30 bits per heavy atom. The van der Waals surface area contributed by atoms with Gasteiger partial charge >= 0.3 is 0 Å². The van der Waals surface area contributed by atoms with Crippen molar-refractivity contribution in [3.63, 3.8) is 0 Å². The molecule has 0 aromatic carbocycles. The van der Waals surface area contributed by atoms with Crippen LogP contribution in [0.15, 0.2) is 18.5 Å². The SMILES string of the molecule is Cc1cc(C)nc(N2CCC(n3cc(C#N)cn3)C2)n1. The lowest BCUT2D eigenvalue weighted by Gasteiger charge is -2.17. The van der Waals surface area contributed by atoms with Crippen LogP contribution >= 0.6 is 0 Å². The van der Waals surface area contributed by atoms with Gasteiger partial charge in [0.2, 0.25) is 5.95 Å². The number of nitrogens with zero attached hydrogens (tertiary/aromatic N) is 6. The van der Waals surface area contributed by atoms with Gasteiger partial charge in [-0.3, -0.25) is 4.68 Å². The fourth-order valence-corrected chi connectivity index (χ4v) is 2.58. The van der Waals surface area contributed by atoms with Crippen LogP contribution in [0, 0.1) is 25.2 Å². The number of aryl methyl sites for hydroxylation is 2. The molecule has 0 N–H and O–H groups in total. The molecule has 6 nitrogen and oxygen atoms in total. The lowest BCUT2D eigenvalue weighted by atomic mass is 10.3. The Morgan fingerprint density at radius 2 is 2.05 bits per heavy atom. The highest BCUT2D eigenvalue weighted by Gasteiger charge is 2.26. The minimum atomic E-state index is 0.279. The van der Waals surface area contributed by atoms with E-state index in [9.17, 15) is 0 Å². The first kappa shape index (κ1) is 12.6. The van der Waals surface area contributed by atoms with E-state index in [2.05, 4.69) is 26.0 Å². The van der Waals surface area contributed by atoms with E-state index in [-0.39, 0.29) is 6.04 Å². The van der Waals surface area contributed by atoms with Crippen molar-refractivity contribution >= 4 is 5.95 Å².